The minimum Gasteiger partial charge on any atom is -0.493 e. The molecule has 1 aliphatic heterocycles. The molecule has 0 aliphatic carbocycles. The Balaban J connectivity index is 1.68. The van der Waals surface area contributed by atoms with E-state index in [0.717, 1.165) is 31.1 Å². The van der Waals surface area contributed by atoms with Crippen LogP contribution in [0.25, 0.3) is 0 Å². The fraction of sp³-hybridized carbons (Fsp3) is 0.250. The second kappa shape index (κ2) is 5.62. The van der Waals surface area contributed by atoms with E-state index in [1.165, 1.54) is 5.56 Å². The summed E-state index contributed by atoms with van der Waals surface area (Å²) in [6.07, 6.45) is 2.58. The highest BCUT2D eigenvalue weighted by atomic mass is 16.5. The first-order chi connectivity index (χ1) is 9.86. The van der Waals surface area contributed by atoms with E-state index in [2.05, 4.69) is 22.4 Å². The zero-order valence-electron chi connectivity index (χ0n) is 11.0. The Bertz CT molecular complexity index is 631. The van der Waals surface area contributed by atoms with Crippen molar-refractivity contribution in [1.82, 2.24) is 4.98 Å². The van der Waals surface area contributed by atoms with E-state index in [9.17, 15) is 0 Å². The second-order valence-corrected chi connectivity index (χ2v) is 4.80. The number of hydrogen-bond donors (Lipinski definition) is 1. The molecular formula is C16H15N3O. The number of ether oxygens (including phenoxy) is 1. The molecule has 1 atom stereocenters. The Morgan fingerprint density at radius 2 is 2.20 bits per heavy atom. The van der Waals surface area contributed by atoms with E-state index in [4.69, 9.17) is 10.00 Å². The molecule has 1 aromatic carbocycles. The van der Waals surface area contributed by atoms with Crippen molar-refractivity contribution >= 4 is 5.82 Å². The van der Waals surface area contributed by atoms with Gasteiger partial charge in [0.2, 0.25) is 0 Å². The lowest BCUT2D eigenvalue weighted by Gasteiger charge is -2.26. The van der Waals surface area contributed by atoms with Crippen molar-refractivity contribution in [2.45, 2.75) is 12.3 Å². The van der Waals surface area contributed by atoms with Gasteiger partial charge in [0.25, 0.3) is 0 Å². The van der Waals surface area contributed by atoms with Gasteiger partial charge in [-0.25, -0.2) is 4.98 Å². The van der Waals surface area contributed by atoms with Crippen molar-refractivity contribution < 1.29 is 4.74 Å². The predicted molar refractivity (Wildman–Crippen MR) is 76.7 cm³/mol. The average molecular weight is 265 g/mol. The molecule has 1 aliphatic rings. The van der Waals surface area contributed by atoms with E-state index < -0.39 is 0 Å². The summed E-state index contributed by atoms with van der Waals surface area (Å²) in [5, 5.41) is 12.1. The number of nitriles is 1. The first-order valence-corrected chi connectivity index (χ1v) is 6.68. The molecular weight excluding hydrogens is 250 g/mol. The molecule has 0 saturated heterocycles. The molecule has 4 nitrogen and oxygen atoms in total. The van der Waals surface area contributed by atoms with E-state index in [1.54, 1.807) is 12.3 Å². The highest BCUT2D eigenvalue weighted by Gasteiger charge is 2.20. The lowest BCUT2D eigenvalue weighted by molar-refractivity contribution is 0.270. The number of aromatic nitrogens is 1. The van der Waals surface area contributed by atoms with Gasteiger partial charge in [-0.2, -0.15) is 5.26 Å². The van der Waals surface area contributed by atoms with Crippen LogP contribution in [0, 0.1) is 11.3 Å². The third-order valence-corrected chi connectivity index (χ3v) is 3.50. The summed E-state index contributed by atoms with van der Waals surface area (Å²) in [6.45, 7) is 1.57. The van der Waals surface area contributed by atoms with Crippen LogP contribution in [0.1, 0.15) is 23.5 Å². The normalized spacial score (nSPS) is 16.6. The Morgan fingerprint density at radius 1 is 1.30 bits per heavy atom. The van der Waals surface area contributed by atoms with E-state index in [-0.39, 0.29) is 0 Å². The number of nitrogens with zero attached hydrogens (tertiary/aromatic N) is 2. The maximum atomic E-state index is 8.75. The summed E-state index contributed by atoms with van der Waals surface area (Å²) in [6, 6.07) is 13.8. The lowest BCUT2D eigenvalue weighted by Crippen LogP contribution is -2.21. The van der Waals surface area contributed by atoms with Gasteiger partial charge >= 0.3 is 0 Å². The highest BCUT2D eigenvalue weighted by Crippen LogP contribution is 2.33. The standard InChI is InChI=1S/C16H15N3O/c17-9-12-5-6-16(18-10-12)19-11-13-7-8-20-15-4-2-1-3-14(13)15/h1-6,10,13H,7-8,11H2,(H,18,19). The maximum absolute atomic E-state index is 8.75. The van der Waals surface area contributed by atoms with Gasteiger partial charge < -0.3 is 10.1 Å². The summed E-state index contributed by atoms with van der Waals surface area (Å²) in [7, 11) is 0. The smallest absolute Gasteiger partial charge is 0.125 e. The van der Waals surface area contributed by atoms with Gasteiger partial charge in [0.05, 0.1) is 12.2 Å². The van der Waals surface area contributed by atoms with E-state index in [0.29, 0.717) is 11.5 Å². The van der Waals surface area contributed by atoms with E-state index >= 15 is 0 Å². The zero-order chi connectivity index (χ0) is 13.8. The predicted octanol–water partition coefficient (Wildman–Crippen LogP) is 2.93. The number of anilines is 1. The van der Waals surface area contributed by atoms with Crippen LogP contribution in [-0.4, -0.2) is 18.1 Å². The van der Waals surface area contributed by atoms with Crippen LogP contribution in [0.3, 0.4) is 0 Å². The number of benzene rings is 1. The van der Waals surface area contributed by atoms with Gasteiger partial charge in [-0.15, -0.1) is 0 Å². The number of hydrogen-bond acceptors (Lipinski definition) is 4. The summed E-state index contributed by atoms with van der Waals surface area (Å²) in [5.74, 6) is 2.21. The Kier molecular flexibility index (Phi) is 3.51. The molecule has 0 radical (unpaired) electrons. The summed E-state index contributed by atoms with van der Waals surface area (Å²) >= 11 is 0. The number of fused-ring (bicyclic) bond motifs is 1. The van der Waals surface area contributed by atoms with Crippen molar-refractivity contribution in [2.24, 2.45) is 0 Å². The minimum absolute atomic E-state index is 0.428. The molecule has 0 amide bonds. The van der Waals surface area contributed by atoms with Crippen LogP contribution in [0.15, 0.2) is 42.6 Å². The summed E-state index contributed by atoms with van der Waals surface area (Å²) < 4.78 is 5.66. The Labute approximate surface area is 118 Å². The number of para-hydroxylation sites is 1. The van der Waals surface area contributed by atoms with Crippen molar-refractivity contribution in [3.8, 4) is 11.8 Å². The molecule has 2 aromatic rings. The summed E-state index contributed by atoms with van der Waals surface area (Å²) in [4.78, 5) is 4.23. The molecule has 1 aromatic heterocycles. The van der Waals surface area contributed by atoms with Gasteiger partial charge in [0, 0.05) is 18.7 Å². The molecule has 1 N–H and O–H groups in total. The molecule has 0 saturated carbocycles. The van der Waals surface area contributed by atoms with Gasteiger partial charge in [-0.05, 0) is 30.2 Å². The topological polar surface area (TPSA) is 57.9 Å². The van der Waals surface area contributed by atoms with Crippen LogP contribution < -0.4 is 10.1 Å². The number of pyridine rings is 1. The van der Waals surface area contributed by atoms with Gasteiger partial charge in [-0.3, -0.25) is 0 Å². The Morgan fingerprint density at radius 3 is 3.00 bits per heavy atom. The average Bonchev–Trinajstić information content (AvgIpc) is 2.53. The first-order valence-electron chi connectivity index (χ1n) is 6.68. The van der Waals surface area contributed by atoms with Crippen LogP contribution in [0.2, 0.25) is 0 Å². The SMILES string of the molecule is N#Cc1ccc(NCC2CCOc3ccccc32)nc1. The molecule has 0 bridgehead atoms. The van der Waals surface area contributed by atoms with Crippen molar-refractivity contribution in [1.29, 1.82) is 5.26 Å². The lowest BCUT2D eigenvalue weighted by atomic mass is 9.93. The van der Waals surface area contributed by atoms with Crippen molar-refractivity contribution in [3.63, 3.8) is 0 Å². The molecule has 1 unspecified atom stereocenters. The van der Waals surface area contributed by atoms with Crippen LogP contribution in [-0.2, 0) is 0 Å². The van der Waals surface area contributed by atoms with Gasteiger partial charge in [0.15, 0.2) is 0 Å². The third kappa shape index (κ3) is 2.57. The van der Waals surface area contributed by atoms with E-state index in [1.807, 2.05) is 24.3 Å². The molecule has 0 spiro atoms. The Hall–Kier alpha value is -2.54. The molecule has 3 rings (SSSR count). The van der Waals surface area contributed by atoms with Gasteiger partial charge in [0.1, 0.15) is 17.6 Å². The van der Waals surface area contributed by atoms with Crippen molar-refractivity contribution in [2.75, 3.05) is 18.5 Å². The van der Waals surface area contributed by atoms with Crippen LogP contribution in [0.4, 0.5) is 5.82 Å². The second-order valence-electron chi connectivity index (χ2n) is 4.80. The third-order valence-electron chi connectivity index (χ3n) is 3.50. The largest absolute Gasteiger partial charge is 0.493 e. The molecule has 2 heterocycles. The maximum Gasteiger partial charge on any atom is 0.125 e. The zero-order valence-corrected chi connectivity index (χ0v) is 11.0. The molecule has 100 valence electrons. The fourth-order valence-electron chi connectivity index (χ4n) is 2.42. The molecule has 4 heteroatoms. The van der Waals surface area contributed by atoms with Crippen LogP contribution in [0.5, 0.6) is 5.75 Å². The highest BCUT2D eigenvalue weighted by molar-refractivity contribution is 5.42. The quantitative estimate of drug-likeness (QED) is 0.927. The fourth-order valence-corrected chi connectivity index (χ4v) is 2.42. The molecule has 20 heavy (non-hydrogen) atoms. The van der Waals surface area contributed by atoms with Crippen LogP contribution >= 0.6 is 0 Å². The number of nitrogens with one attached hydrogen (secondary N) is 1. The first kappa shape index (κ1) is 12.5. The van der Waals surface area contributed by atoms with Crippen molar-refractivity contribution in [3.05, 3.63) is 53.7 Å². The number of rotatable bonds is 3. The monoisotopic (exact) mass is 265 g/mol. The summed E-state index contributed by atoms with van der Waals surface area (Å²) in [5.41, 5.74) is 1.83. The minimum atomic E-state index is 0.428. The van der Waals surface area contributed by atoms with Gasteiger partial charge in [-0.1, -0.05) is 18.2 Å². The molecule has 0 fully saturated rings.